The molecule has 0 unspecified atom stereocenters. The van der Waals surface area contributed by atoms with Crippen molar-refractivity contribution >= 4 is 27.5 Å². The van der Waals surface area contributed by atoms with E-state index in [-0.39, 0.29) is 0 Å². The summed E-state index contributed by atoms with van der Waals surface area (Å²) in [5, 5.41) is 0.704. The van der Waals surface area contributed by atoms with Crippen LogP contribution < -0.4 is 0 Å². The molecule has 0 saturated heterocycles. The van der Waals surface area contributed by atoms with E-state index in [2.05, 4.69) is 15.9 Å². The SMILES string of the molecule is Clc1ccc(-c2ccco2)cc1Br. The van der Waals surface area contributed by atoms with Gasteiger partial charge in [-0.2, -0.15) is 0 Å². The summed E-state index contributed by atoms with van der Waals surface area (Å²) in [7, 11) is 0. The van der Waals surface area contributed by atoms with Crippen LogP contribution in [-0.4, -0.2) is 0 Å². The molecule has 0 amide bonds. The highest BCUT2D eigenvalue weighted by atomic mass is 79.9. The molecular formula is C10H6BrClO. The van der Waals surface area contributed by atoms with Gasteiger partial charge in [-0.15, -0.1) is 0 Å². The first kappa shape index (κ1) is 8.85. The van der Waals surface area contributed by atoms with Gasteiger partial charge in [0.25, 0.3) is 0 Å². The van der Waals surface area contributed by atoms with Crippen molar-refractivity contribution in [2.45, 2.75) is 0 Å². The lowest BCUT2D eigenvalue weighted by Crippen LogP contribution is -1.74. The second-order valence-electron chi connectivity index (χ2n) is 2.61. The second-order valence-corrected chi connectivity index (χ2v) is 3.87. The average molecular weight is 258 g/mol. The van der Waals surface area contributed by atoms with Crippen molar-refractivity contribution in [2.75, 3.05) is 0 Å². The molecular weight excluding hydrogens is 251 g/mol. The minimum absolute atomic E-state index is 0.704. The molecule has 0 N–H and O–H groups in total. The molecule has 66 valence electrons. The zero-order valence-electron chi connectivity index (χ0n) is 6.63. The maximum atomic E-state index is 5.86. The van der Waals surface area contributed by atoms with Gasteiger partial charge in [-0.3, -0.25) is 0 Å². The number of hydrogen-bond donors (Lipinski definition) is 0. The molecule has 0 aliphatic carbocycles. The summed E-state index contributed by atoms with van der Waals surface area (Å²) in [5.74, 6) is 0.845. The van der Waals surface area contributed by atoms with Gasteiger partial charge < -0.3 is 4.42 Å². The van der Waals surface area contributed by atoms with Crippen molar-refractivity contribution in [1.29, 1.82) is 0 Å². The van der Waals surface area contributed by atoms with Gasteiger partial charge in [-0.25, -0.2) is 0 Å². The standard InChI is InChI=1S/C10H6BrClO/c11-8-6-7(3-4-9(8)12)10-2-1-5-13-10/h1-6H. The summed E-state index contributed by atoms with van der Waals surface area (Å²) in [6.45, 7) is 0. The number of hydrogen-bond acceptors (Lipinski definition) is 1. The molecule has 1 nitrogen and oxygen atoms in total. The number of halogens is 2. The molecule has 1 aromatic heterocycles. The predicted molar refractivity (Wildman–Crippen MR) is 56.9 cm³/mol. The Morgan fingerprint density at radius 3 is 2.69 bits per heavy atom. The van der Waals surface area contributed by atoms with E-state index in [0.717, 1.165) is 15.8 Å². The second kappa shape index (κ2) is 3.56. The molecule has 0 fully saturated rings. The van der Waals surface area contributed by atoms with Crippen LogP contribution >= 0.6 is 27.5 Å². The average Bonchev–Trinajstić information content (AvgIpc) is 2.62. The molecule has 13 heavy (non-hydrogen) atoms. The fourth-order valence-electron chi connectivity index (χ4n) is 1.09. The molecule has 1 aromatic carbocycles. The first-order valence-electron chi connectivity index (χ1n) is 3.76. The van der Waals surface area contributed by atoms with E-state index in [1.54, 1.807) is 6.26 Å². The number of furan rings is 1. The Labute approximate surface area is 89.5 Å². The molecule has 2 rings (SSSR count). The Kier molecular flexibility index (Phi) is 2.42. The minimum Gasteiger partial charge on any atom is -0.464 e. The summed E-state index contributed by atoms with van der Waals surface area (Å²) in [6.07, 6.45) is 1.65. The van der Waals surface area contributed by atoms with E-state index >= 15 is 0 Å². The summed E-state index contributed by atoms with van der Waals surface area (Å²) < 4.78 is 6.13. The third-order valence-corrected chi connectivity index (χ3v) is 2.94. The molecule has 0 saturated carbocycles. The smallest absolute Gasteiger partial charge is 0.133 e. The van der Waals surface area contributed by atoms with Crippen LogP contribution in [-0.2, 0) is 0 Å². The number of benzene rings is 1. The lowest BCUT2D eigenvalue weighted by atomic mass is 10.2. The summed E-state index contributed by atoms with van der Waals surface area (Å²) in [6, 6.07) is 9.46. The Morgan fingerprint density at radius 1 is 1.23 bits per heavy atom. The highest BCUT2D eigenvalue weighted by Gasteiger charge is 2.02. The molecule has 2 aromatic rings. The van der Waals surface area contributed by atoms with Gasteiger partial charge in [-0.05, 0) is 46.3 Å². The van der Waals surface area contributed by atoms with E-state index in [4.69, 9.17) is 16.0 Å². The normalized spacial score (nSPS) is 10.3. The van der Waals surface area contributed by atoms with Gasteiger partial charge in [0.2, 0.25) is 0 Å². The van der Waals surface area contributed by atoms with Gasteiger partial charge in [-0.1, -0.05) is 11.6 Å². The molecule has 1 heterocycles. The highest BCUT2D eigenvalue weighted by molar-refractivity contribution is 9.10. The van der Waals surface area contributed by atoms with Crippen molar-refractivity contribution in [1.82, 2.24) is 0 Å². The van der Waals surface area contributed by atoms with E-state index in [1.807, 2.05) is 30.3 Å². The number of rotatable bonds is 1. The van der Waals surface area contributed by atoms with E-state index in [1.165, 1.54) is 0 Å². The molecule has 0 spiro atoms. The third kappa shape index (κ3) is 1.79. The monoisotopic (exact) mass is 256 g/mol. The van der Waals surface area contributed by atoms with Gasteiger partial charge in [0.15, 0.2) is 0 Å². The van der Waals surface area contributed by atoms with Gasteiger partial charge in [0, 0.05) is 10.0 Å². The van der Waals surface area contributed by atoms with Crippen LogP contribution in [0.1, 0.15) is 0 Å². The van der Waals surface area contributed by atoms with Crippen molar-refractivity contribution in [3.8, 4) is 11.3 Å². The summed E-state index contributed by atoms with van der Waals surface area (Å²) in [4.78, 5) is 0. The van der Waals surface area contributed by atoms with Crippen molar-refractivity contribution in [3.05, 3.63) is 46.1 Å². The van der Waals surface area contributed by atoms with E-state index in [0.29, 0.717) is 5.02 Å². The van der Waals surface area contributed by atoms with Crippen molar-refractivity contribution in [2.24, 2.45) is 0 Å². The van der Waals surface area contributed by atoms with Gasteiger partial charge in [0.1, 0.15) is 5.76 Å². The molecule has 0 bridgehead atoms. The van der Waals surface area contributed by atoms with Crippen LogP contribution in [0.3, 0.4) is 0 Å². The molecule has 0 radical (unpaired) electrons. The maximum absolute atomic E-state index is 5.86. The quantitative estimate of drug-likeness (QED) is 0.740. The summed E-state index contributed by atoms with van der Waals surface area (Å²) in [5.41, 5.74) is 1.02. The Balaban J connectivity index is 2.49. The lowest BCUT2D eigenvalue weighted by molar-refractivity contribution is 0.582. The van der Waals surface area contributed by atoms with Crippen LogP contribution in [0.25, 0.3) is 11.3 Å². The largest absolute Gasteiger partial charge is 0.464 e. The maximum Gasteiger partial charge on any atom is 0.133 e. The topological polar surface area (TPSA) is 13.1 Å². The van der Waals surface area contributed by atoms with E-state index in [9.17, 15) is 0 Å². The van der Waals surface area contributed by atoms with Crippen molar-refractivity contribution in [3.63, 3.8) is 0 Å². The fourth-order valence-corrected chi connectivity index (χ4v) is 1.59. The van der Waals surface area contributed by atoms with Crippen molar-refractivity contribution < 1.29 is 4.42 Å². The van der Waals surface area contributed by atoms with Crippen LogP contribution in [0.5, 0.6) is 0 Å². The molecule has 3 heteroatoms. The predicted octanol–water partition coefficient (Wildman–Crippen LogP) is 4.36. The van der Waals surface area contributed by atoms with Gasteiger partial charge in [0.05, 0.1) is 11.3 Å². The first-order chi connectivity index (χ1) is 6.27. The molecule has 0 aliphatic heterocycles. The third-order valence-electron chi connectivity index (χ3n) is 1.73. The van der Waals surface area contributed by atoms with Gasteiger partial charge >= 0.3 is 0 Å². The highest BCUT2D eigenvalue weighted by Crippen LogP contribution is 2.28. The zero-order chi connectivity index (χ0) is 9.26. The zero-order valence-corrected chi connectivity index (χ0v) is 8.97. The lowest BCUT2D eigenvalue weighted by Gasteiger charge is -1.99. The molecule has 0 aliphatic rings. The minimum atomic E-state index is 0.704. The first-order valence-corrected chi connectivity index (χ1v) is 4.93. The Hall–Kier alpha value is -0.730. The summed E-state index contributed by atoms with van der Waals surface area (Å²) >= 11 is 9.22. The van der Waals surface area contributed by atoms with Crippen LogP contribution in [0.4, 0.5) is 0 Å². The Morgan fingerprint density at radius 2 is 2.08 bits per heavy atom. The Bertz CT molecular complexity index is 409. The van der Waals surface area contributed by atoms with Crippen LogP contribution in [0.15, 0.2) is 45.5 Å². The fraction of sp³-hybridized carbons (Fsp3) is 0. The van der Waals surface area contributed by atoms with Crippen LogP contribution in [0, 0.1) is 0 Å². The van der Waals surface area contributed by atoms with E-state index < -0.39 is 0 Å². The molecule has 0 atom stereocenters. The van der Waals surface area contributed by atoms with Crippen LogP contribution in [0.2, 0.25) is 5.02 Å².